The molecule has 0 N–H and O–H groups in total. The van der Waals surface area contributed by atoms with Crippen molar-refractivity contribution in [3.63, 3.8) is 0 Å². The molecule has 2 aromatic rings. The summed E-state index contributed by atoms with van der Waals surface area (Å²) in [6.45, 7) is 15.0. The van der Waals surface area contributed by atoms with E-state index < -0.39 is 0 Å². The Labute approximate surface area is 131 Å². The molecule has 0 fully saturated rings. The first-order valence-corrected chi connectivity index (χ1v) is 6.96. The summed E-state index contributed by atoms with van der Waals surface area (Å²) in [6, 6.07) is 11.2. The van der Waals surface area contributed by atoms with E-state index in [1.807, 2.05) is 36.4 Å². The largest absolute Gasteiger partial charge is 0.289 e. The van der Waals surface area contributed by atoms with Gasteiger partial charge in [-0.2, -0.15) is 0 Å². The predicted molar refractivity (Wildman–Crippen MR) is 96.7 cm³/mol. The minimum Gasteiger partial charge on any atom is -0.289 e. The molecule has 0 heterocycles. The summed E-state index contributed by atoms with van der Waals surface area (Å²) < 4.78 is 0. The topological polar surface area (TPSA) is 17.1 Å². The van der Waals surface area contributed by atoms with Crippen molar-refractivity contribution in [2.45, 2.75) is 0 Å². The lowest BCUT2D eigenvalue weighted by Crippen LogP contribution is -2.03. The molecule has 0 bridgehead atoms. The molecule has 0 aliphatic rings. The molecule has 0 atom stereocenters. The van der Waals surface area contributed by atoms with Crippen molar-refractivity contribution in [1.29, 1.82) is 0 Å². The van der Waals surface area contributed by atoms with Gasteiger partial charge in [-0.05, 0) is 58.7 Å². The van der Waals surface area contributed by atoms with E-state index in [-0.39, 0.29) is 5.78 Å². The van der Waals surface area contributed by atoms with E-state index in [4.69, 9.17) is 0 Å². The average Bonchev–Trinajstić information content (AvgIpc) is 2.59. The zero-order valence-electron chi connectivity index (χ0n) is 12.5. The highest BCUT2D eigenvalue weighted by atomic mass is 16.1. The van der Waals surface area contributed by atoms with Crippen LogP contribution < -0.4 is 0 Å². The Balaban J connectivity index is 2.56. The van der Waals surface area contributed by atoms with Crippen molar-refractivity contribution in [2.24, 2.45) is 0 Å². The zero-order chi connectivity index (χ0) is 16.1. The van der Waals surface area contributed by atoms with Crippen molar-refractivity contribution >= 4 is 30.1 Å². The average molecular weight is 286 g/mol. The van der Waals surface area contributed by atoms with E-state index in [9.17, 15) is 4.79 Å². The van der Waals surface area contributed by atoms with E-state index in [0.717, 1.165) is 22.3 Å². The Morgan fingerprint density at radius 2 is 0.864 bits per heavy atom. The summed E-state index contributed by atoms with van der Waals surface area (Å²) in [5, 5.41) is 0. The fraction of sp³-hybridized carbons (Fsp3) is 0. The van der Waals surface area contributed by atoms with E-state index in [2.05, 4.69) is 26.3 Å². The van der Waals surface area contributed by atoms with Crippen LogP contribution in [0.2, 0.25) is 0 Å². The molecule has 2 rings (SSSR count). The molecule has 22 heavy (non-hydrogen) atoms. The lowest BCUT2D eigenvalue weighted by atomic mass is 9.96. The van der Waals surface area contributed by atoms with Gasteiger partial charge >= 0.3 is 0 Å². The van der Waals surface area contributed by atoms with Gasteiger partial charge < -0.3 is 0 Å². The monoisotopic (exact) mass is 286 g/mol. The molecule has 0 unspecified atom stereocenters. The number of carbonyl (C=O) groups excluding carboxylic acids is 1. The van der Waals surface area contributed by atoms with E-state index >= 15 is 0 Å². The molecular weight excluding hydrogens is 268 g/mol. The van der Waals surface area contributed by atoms with Crippen LogP contribution in [0.5, 0.6) is 0 Å². The maximum absolute atomic E-state index is 12.8. The van der Waals surface area contributed by atoms with Crippen LogP contribution in [0.4, 0.5) is 0 Å². The first-order chi connectivity index (χ1) is 10.6. The normalized spacial score (nSPS) is 9.82. The van der Waals surface area contributed by atoms with Crippen LogP contribution in [0.25, 0.3) is 24.3 Å². The van der Waals surface area contributed by atoms with Crippen LogP contribution >= 0.6 is 0 Å². The summed E-state index contributed by atoms with van der Waals surface area (Å²) >= 11 is 0. The highest BCUT2D eigenvalue weighted by molar-refractivity contribution is 6.10. The Morgan fingerprint density at radius 3 is 1.09 bits per heavy atom. The maximum Gasteiger partial charge on any atom is 0.193 e. The number of rotatable bonds is 6. The van der Waals surface area contributed by atoms with Gasteiger partial charge in [0.05, 0.1) is 0 Å². The fourth-order valence-electron chi connectivity index (χ4n) is 2.25. The van der Waals surface area contributed by atoms with Gasteiger partial charge in [-0.3, -0.25) is 4.79 Å². The van der Waals surface area contributed by atoms with Crippen LogP contribution in [0.15, 0.2) is 62.7 Å². The third-order valence-corrected chi connectivity index (χ3v) is 3.42. The molecule has 0 spiro atoms. The molecule has 1 nitrogen and oxygen atoms in total. The van der Waals surface area contributed by atoms with Gasteiger partial charge in [0, 0.05) is 11.1 Å². The van der Waals surface area contributed by atoms with E-state index in [0.29, 0.717) is 11.1 Å². The Hall–Kier alpha value is -2.93. The molecular formula is C21H18O. The summed E-state index contributed by atoms with van der Waals surface area (Å²) in [5.74, 6) is -0.0430. The minimum absolute atomic E-state index is 0.0430. The standard InChI is InChI=1S/C21H18O/c1-5-15-9-16(6-2)12-19(11-15)21(22)20-13-17(7-3)10-18(8-4)14-20/h5-14H,1-4H2. The first kappa shape index (κ1) is 15.5. The molecule has 0 saturated heterocycles. The number of hydrogen-bond donors (Lipinski definition) is 0. The Morgan fingerprint density at radius 1 is 0.591 bits per heavy atom. The summed E-state index contributed by atoms with van der Waals surface area (Å²) in [4.78, 5) is 12.8. The fourth-order valence-corrected chi connectivity index (χ4v) is 2.25. The number of ketones is 1. The van der Waals surface area contributed by atoms with E-state index in [1.165, 1.54) is 0 Å². The molecule has 0 aromatic heterocycles. The van der Waals surface area contributed by atoms with Gasteiger partial charge in [0.25, 0.3) is 0 Å². The van der Waals surface area contributed by atoms with Crippen molar-refractivity contribution in [3.05, 3.63) is 96.1 Å². The van der Waals surface area contributed by atoms with Crippen LogP contribution in [0.1, 0.15) is 38.2 Å². The second-order valence-electron chi connectivity index (χ2n) is 4.92. The second kappa shape index (κ2) is 6.68. The van der Waals surface area contributed by atoms with Gasteiger partial charge in [-0.25, -0.2) is 0 Å². The van der Waals surface area contributed by atoms with Crippen molar-refractivity contribution in [3.8, 4) is 0 Å². The maximum atomic E-state index is 12.8. The molecule has 0 amide bonds. The van der Waals surface area contributed by atoms with Crippen LogP contribution in [-0.4, -0.2) is 5.78 Å². The highest BCUT2D eigenvalue weighted by Gasteiger charge is 2.11. The molecule has 2 aromatic carbocycles. The van der Waals surface area contributed by atoms with Crippen LogP contribution in [-0.2, 0) is 0 Å². The highest BCUT2D eigenvalue weighted by Crippen LogP contribution is 2.19. The SMILES string of the molecule is C=Cc1cc(C=C)cc(C(=O)c2cc(C=C)cc(C=C)c2)c1. The van der Waals surface area contributed by atoms with Crippen molar-refractivity contribution < 1.29 is 4.79 Å². The van der Waals surface area contributed by atoms with Gasteiger partial charge in [0.15, 0.2) is 5.78 Å². The predicted octanol–water partition coefficient (Wildman–Crippen LogP) is 5.49. The Kier molecular flexibility index (Phi) is 4.70. The van der Waals surface area contributed by atoms with Crippen molar-refractivity contribution in [2.75, 3.05) is 0 Å². The van der Waals surface area contributed by atoms with Crippen LogP contribution in [0, 0.1) is 0 Å². The van der Waals surface area contributed by atoms with E-state index in [1.54, 1.807) is 24.3 Å². The smallest absolute Gasteiger partial charge is 0.193 e. The van der Waals surface area contributed by atoms with Gasteiger partial charge in [0.2, 0.25) is 0 Å². The lowest BCUT2D eigenvalue weighted by Gasteiger charge is -2.07. The summed E-state index contributed by atoms with van der Waals surface area (Å²) in [6.07, 6.45) is 6.89. The summed E-state index contributed by atoms with van der Waals surface area (Å²) in [7, 11) is 0. The molecule has 0 aliphatic carbocycles. The lowest BCUT2D eigenvalue weighted by molar-refractivity contribution is 0.103. The minimum atomic E-state index is -0.0430. The molecule has 0 saturated carbocycles. The van der Waals surface area contributed by atoms with Gasteiger partial charge in [0.1, 0.15) is 0 Å². The molecule has 108 valence electrons. The van der Waals surface area contributed by atoms with Crippen molar-refractivity contribution in [1.82, 2.24) is 0 Å². The second-order valence-corrected chi connectivity index (χ2v) is 4.92. The summed E-state index contributed by atoms with van der Waals surface area (Å²) in [5.41, 5.74) is 4.80. The molecule has 1 heteroatoms. The van der Waals surface area contributed by atoms with Gasteiger partial charge in [-0.15, -0.1) is 0 Å². The number of carbonyl (C=O) groups is 1. The van der Waals surface area contributed by atoms with Gasteiger partial charge in [-0.1, -0.05) is 50.6 Å². The Bertz CT molecular complexity index is 660. The third kappa shape index (κ3) is 3.21. The molecule has 0 radical (unpaired) electrons. The van der Waals surface area contributed by atoms with Crippen LogP contribution in [0.3, 0.4) is 0 Å². The molecule has 0 aliphatic heterocycles. The first-order valence-electron chi connectivity index (χ1n) is 6.96. The number of benzene rings is 2. The quantitative estimate of drug-likeness (QED) is 0.642. The zero-order valence-corrected chi connectivity index (χ0v) is 12.5. The third-order valence-electron chi connectivity index (χ3n) is 3.42. The number of hydrogen-bond acceptors (Lipinski definition) is 1.